The molecular weight excluding hydrogens is 252 g/mol. The fourth-order valence-corrected chi connectivity index (χ4v) is 4.55. The Bertz CT molecular complexity index is 352. The average Bonchev–Trinajstić information content (AvgIpc) is 2.80. The first-order chi connectivity index (χ1) is 8.62. The highest BCUT2D eigenvalue weighted by molar-refractivity contribution is 7.89. The van der Waals surface area contributed by atoms with Gasteiger partial charge in [0.25, 0.3) is 0 Å². The van der Waals surface area contributed by atoms with E-state index in [2.05, 4.69) is 5.32 Å². The van der Waals surface area contributed by atoms with Crippen LogP contribution in [0.1, 0.15) is 25.7 Å². The molecule has 18 heavy (non-hydrogen) atoms. The van der Waals surface area contributed by atoms with E-state index in [1.807, 2.05) is 7.05 Å². The van der Waals surface area contributed by atoms with E-state index < -0.39 is 10.0 Å². The van der Waals surface area contributed by atoms with Crippen molar-refractivity contribution >= 4 is 10.0 Å². The lowest BCUT2D eigenvalue weighted by Crippen LogP contribution is -2.37. The zero-order valence-electron chi connectivity index (χ0n) is 11.1. The summed E-state index contributed by atoms with van der Waals surface area (Å²) >= 11 is 0. The summed E-state index contributed by atoms with van der Waals surface area (Å²) in [5, 5.41) is 3.12. The maximum Gasteiger partial charge on any atom is 0.216 e. The van der Waals surface area contributed by atoms with Crippen molar-refractivity contribution in [2.24, 2.45) is 5.92 Å². The quantitative estimate of drug-likeness (QED) is 0.791. The van der Waals surface area contributed by atoms with Crippen molar-refractivity contribution in [3.63, 3.8) is 0 Å². The fourth-order valence-electron chi connectivity index (χ4n) is 2.78. The van der Waals surface area contributed by atoms with Crippen LogP contribution >= 0.6 is 0 Å². The van der Waals surface area contributed by atoms with Crippen LogP contribution in [0.4, 0.5) is 0 Å². The van der Waals surface area contributed by atoms with Crippen LogP contribution in [0, 0.1) is 5.92 Å². The molecule has 2 unspecified atom stereocenters. The van der Waals surface area contributed by atoms with Crippen molar-refractivity contribution in [3.8, 4) is 0 Å². The zero-order valence-corrected chi connectivity index (χ0v) is 11.9. The number of nitrogens with zero attached hydrogens (tertiary/aromatic N) is 1. The van der Waals surface area contributed by atoms with Gasteiger partial charge in [0.15, 0.2) is 0 Å². The van der Waals surface area contributed by atoms with Gasteiger partial charge in [0, 0.05) is 19.7 Å². The van der Waals surface area contributed by atoms with Crippen LogP contribution in [0.15, 0.2) is 0 Å². The molecule has 2 atom stereocenters. The van der Waals surface area contributed by atoms with Gasteiger partial charge in [-0.15, -0.1) is 0 Å². The summed E-state index contributed by atoms with van der Waals surface area (Å²) in [4.78, 5) is 0. The smallest absolute Gasteiger partial charge is 0.216 e. The summed E-state index contributed by atoms with van der Waals surface area (Å²) in [5.41, 5.74) is 0. The van der Waals surface area contributed by atoms with Crippen LogP contribution in [0.3, 0.4) is 0 Å². The lowest BCUT2D eigenvalue weighted by Gasteiger charge is -2.25. The summed E-state index contributed by atoms with van der Waals surface area (Å²) < 4.78 is 31.7. The Hall–Kier alpha value is -0.170. The number of hydrogen-bond acceptors (Lipinski definition) is 4. The van der Waals surface area contributed by atoms with Gasteiger partial charge in [0.05, 0.1) is 11.9 Å². The van der Waals surface area contributed by atoms with Crippen molar-refractivity contribution in [2.45, 2.75) is 31.8 Å². The summed E-state index contributed by atoms with van der Waals surface area (Å²) in [5.74, 6) is 0.622. The molecule has 2 rings (SSSR count). The second-order valence-electron chi connectivity index (χ2n) is 5.34. The van der Waals surface area contributed by atoms with Crippen molar-refractivity contribution in [1.29, 1.82) is 0 Å². The molecule has 0 bridgehead atoms. The monoisotopic (exact) mass is 276 g/mol. The molecular formula is C12H24N2O3S. The summed E-state index contributed by atoms with van der Waals surface area (Å²) in [6.45, 7) is 2.94. The highest BCUT2D eigenvalue weighted by Gasteiger charge is 2.33. The third kappa shape index (κ3) is 3.66. The van der Waals surface area contributed by atoms with Crippen LogP contribution in [0.25, 0.3) is 0 Å². The number of hydrogen-bond donors (Lipinski definition) is 1. The molecule has 0 aromatic heterocycles. The zero-order chi connectivity index (χ0) is 13.0. The Morgan fingerprint density at radius 2 is 2.17 bits per heavy atom. The first-order valence-corrected chi connectivity index (χ1v) is 8.47. The molecule has 2 aliphatic heterocycles. The van der Waals surface area contributed by atoms with Gasteiger partial charge in [-0.1, -0.05) is 0 Å². The molecule has 0 spiro atoms. The first-order valence-electron chi connectivity index (χ1n) is 6.86. The van der Waals surface area contributed by atoms with Crippen molar-refractivity contribution in [3.05, 3.63) is 0 Å². The van der Waals surface area contributed by atoms with Gasteiger partial charge in [-0.3, -0.25) is 0 Å². The number of sulfonamides is 1. The van der Waals surface area contributed by atoms with Gasteiger partial charge >= 0.3 is 0 Å². The largest absolute Gasteiger partial charge is 0.377 e. The highest BCUT2D eigenvalue weighted by atomic mass is 32.2. The van der Waals surface area contributed by atoms with Crippen molar-refractivity contribution < 1.29 is 13.2 Å². The molecule has 0 saturated carbocycles. The van der Waals surface area contributed by atoms with Crippen LogP contribution in [0.2, 0.25) is 0 Å². The molecule has 6 heteroatoms. The topological polar surface area (TPSA) is 58.6 Å². The lowest BCUT2D eigenvalue weighted by molar-refractivity contribution is 0.0299. The Morgan fingerprint density at radius 3 is 2.83 bits per heavy atom. The summed E-state index contributed by atoms with van der Waals surface area (Å²) in [6.07, 6.45) is 3.90. The normalized spacial score (nSPS) is 30.7. The minimum absolute atomic E-state index is 0.0906. The fraction of sp³-hybridized carbons (Fsp3) is 1.00. The molecule has 106 valence electrons. The molecule has 0 amide bonds. The van der Waals surface area contributed by atoms with E-state index >= 15 is 0 Å². The van der Waals surface area contributed by atoms with Crippen LogP contribution in [-0.2, 0) is 14.8 Å². The third-order valence-electron chi connectivity index (χ3n) is 3.81. The van der Waals surface area contributed by atoms with E-state index in [1.54, 1.807) is 4.31 Å². The minimum atomic E-state index is -3.13. The molecule has 2 fully saturated rings. The Kier molecular flexibility index (Phi) is 5.00. The second-order valence-corrected chi connectivity index (χ2v) is 7.35. The first kappa shape index (κ1) is 14.2. The van der Waals surface area contributed by atoms with Gasteiger partial charge in [-0.25, -0.2) is 12.7 Å². The third-order valence-corrected chi connectivity index (χ3v) is 5.72. The van der Waals surface area contributed by atoms with Crippen LogP contribution in [0.5, 0.6) is 0 Å². The summed E-state index contributed by atoms with van der Waals surface area (Å²) in [7, 11) is -1.22. The van der Waals surface area contributed by atoms with E-state index in [9.17, 15) is 8.42 Å². The molecule has 1 N–H and O–H groups in total. The Labute approximate surface area is 110 Å². The number of nitrogens with one attached hydrogen (secondary N) is 1. The van der Waals surface area contributed by atoms with Crippen LogP contribution in [-0.4, -0.2) is 57.9 Å². The standard InChI is InChI=1S/C12H24N2O3S/c1-13-8-11-5-6-14(9-11)18(15,16)10-12-4-2-3-7-17-12/h11-13H,2-10H2,1H3. The predicted molar refractivity (Wildman–Crippen MR) is 71.0 cm³/mol. The van der Waals surface area contributed by atoms with E-state index in [-0.39, 0.29) is 11.9 Å². The maximum absolute atomic E-state index is 12.3. The van der Waals surface area contributed by atoms with Gasteiger partial charge in [0.2, 0.25) is 10.0 Å². The maximum atomic E-state index is 12.3. The molecule has 0 aromatic rings. The minimum Gasteiger partial charge on any atom is -0.377 e. The van der Waals surface area contributed by atoms with E-state index in [1.165, 1.54) is 0 Å². The Morgan fingerprint density at radius 1 is 1.33 bits per heavy atom. The SMILES string of the molecule is CNCC1CCN(S(=O)(=O)CC2CCCCO2)C1. The van der Waals surface area contributed by atoms with Gasteiger partial charge in [-0.05, 0) is 45.2 Å². The van der Waals surface area contributed by atoms with Crippen molar-refractivity contribution in [2.75, 3.05) is 39.0 Å². The molecule has 5 nitrogen and oxygen atoms in total. The van der Waals surface area contributed by atoms with Gasteiger partial charge in [-0.2, -0.15) is 0 Å². The van der Waals surface area contributed by atoms with Gasteiger partial charge in [0.1, 0.15) is 0 Å². The molecule has 2 saturated heterocycles. The van der Waals surface area contributed by atoms with E-state index in [4.69, 9.17) is 4.74 Å². The Balaban J connectivity index is 1.86. The number of rotatable bonds is 5. The van der Waals surface area contributed by atoms with Crippen molar-refractivity contribution in [1.82, 2.24) is 9.62 Å². The number of ether oxygens (including phenoxy) is 1. The van der Waals surface area contributed by atoms with E-state index in [0.717, 1.165) is 32.2 Å². The van der Waals surface area contributed by atoms with Crippen LogP contribution < -0.4 is 5.32 Å². The molecule has 0 aliphatic carbocycles. The van der Waals surface area contributed by atoms with Gasteiger partial charge < -0.3 is 10.1 Å². The van der Waals surface area contributed by atoms with E-state index in [0.29, 0.717) is 25.6 Å². The predicted octanol–water partition coefficient (Wildman–Crippen LogP) is 0.427. The highest BCUT2D eigenvalue weighted by Crippen LogP contribution is 2.22. The molecule has 2 aliphatic rings. The second kappa shape index (κ2) is 6.32. The lowest BCUT2D eigenvalue weighted by atomic mass is 10.1. The molecule has 0 radical (unpaired) electrons. The summed E-state index contributed by atoms with van der Waals surface area (Å²) in [6, 6.07) is 0. The average molecular weight is 276 g/mol. The molecule has 0 aromatic carbocycles. The molecule has 2 heterocycles.